The highest BCUT2D eigenvalue weighted by molar-refractivity contribution is 6.32. The number of phenols is 1. The zero-order chi connectivity index (χ0) is 9.14. The summed E-state index contributed by atoms with van der Waals surface area (Å²) in [6.45, 7) is 1.98. The van der Waals surface area contributed by atoms with Crippen LogP contribution in [-0.4, -0.2) is 5.11 Å². The van der Waals surface area contributed by atoms with Crippen molar-refractivity contribution in [3.8, 4) is 5.75 Å². The first-order chi connectivity index (χ1) is 5.66. The summed E-state index contributed by atoms with van der Waals surface area (Å²) in [6.07, 6.45) is 0.809. The van der Waals surface area contributed by atoms with Gasteiger partial charge in [-0.05, 0) is 18.1 Å². The highest BCUT2D eigenvalue weighted by Gasteiger charge is 2.09. The fourth-order valence-corrected chi connectivity index (χ4v) is 1.31. The Labute approximate surface area is 77.0 Å². The fourth-order valence-electron chi connectivity index (χ4n) is 1.04. The van der Waals surface area contributed by atoms with Gasteiger partial charge < -0.3 is 10.8 Å². The maximum absolute atomic E-state index is 9.26. The summed E-state index contributed by atoms with van der Waals surface area (Å²) in [5, 5.41) is 9.62. The van der Waals surface area contributed by atoms with Gasteiger partial charge in [0.15, 0.2) is 0 Å². The van der Waals surface area contributed by atoms with Crippen LogP contribution in [0, 0.1) is 0 Å². The van der Waals surface area contributed by atoms with E-state index in [1.54, 1.807) is 12.1 Å². The van der Waals surface area contributed by atoms with E-state index in [-0.39, 0.29) is 11.8 Å². The largest absolute Gasteiger partial charge is 0.506 e. The van der Waals surface area contributed by atoms with E-state index in [9.17, 15) is 5.11 Å². The second-order valence-corrected chi connectivity index (χ2v) is 3.07. The maximum Gasteiger partial charge on any atom is 0.134 e. The van der Waals surface area contributed by atoms with Gasteiger partial charge in [0.25, 0.3) is 0 Å². The molecule has 3 N–H and O–H groups in total. The molecule has 1 rings (SSSR count). The van der Waals surface area contributed by atoms with Gasteiger partial charge in [0.1, 0.15) is 5.75 Å². The van der Waals surface area contributed by atoms with Crippen LogP contribution in [0.25, 0.3) is 0 Å². The zero-order valence-corrected chi connectivity index (χ0v) is 7.67. The summed E-state index contributed by atoms with van der Waals surface area (Å²) in [6, 6.07) is 5.03. The number of rotatable bonds is 2. The highest BCUT2D eigenvalue weighted by Crippen LogP contribution is 2.30. The molecule has 12 heavy (non-hydrogen) atoms. The number of nitrogens with two attached hydrogens (primary N) is 1. The fraction of sp³-hybridized carbons (Fsp3) is 0.333. The number of hydrogen-bond acceptors (Lipinski definition) is 2. The second-order valence-electron chi connectivity index (χ2n) is 2.70. The molecule has 0 saturated heterocycles. The summed E-state index contributed by atoms with van der Waals surface area (Å²) in [5.41, 5.74) is 6.57. The van der Waals surface area contributed by atoms with E-state index in [0.29, 0.717) is 5.02 Å². The van der Waals surface area contributed by atoms with Gasteiger partial charge in [-0.1, -0.05) is 30.7 Å². The Kier molecular flexibility index (Phi) is 2.95. The van der Waals surface area contributed by atoms with Gasteiger partial charge >= 0.3 is 0 Å². The van der Waals surface area contributed by atoms with E-state index in [1.165, 1.54) is 0 Å². The lowest BCUT2D eigenvalue weighted by molar-refractivity contribution is 0.474. The molecule has 0 fully saturated rings. The molecular weight excluding hydrogens is 174 g/mol. The topological polar surface area (TPSA) is 46.2 Å². The van der Waals surface area contributed by atoms with E-state index < -0.39 is 0 Å². The third-order valence-corrected chi connectivity index (χ3v) is 2.26. The molecule has 0 aromatic heterocycles. The predicted octanol–water partition coefficient (Wildman–Crippen LogP) is 2.46. The first-order valence-corrected chi connectivity index (χ1v) is 4.27. The Hall–Kier alpha value is -0.730. The summed E-state index contributed by atoms with van der Waals surface area (Å²) < 4.78 is 0. The molecule has 2 nitrogen and oxygen atoms in total. The SMILES string of the molecule is CCC(N)c1cccc(O)c1Cl. The molecule has 0 heterocycles. The number of hydrogen-bond donors (Lipinski definition) is 2. The molecule has 0 bridgehead atoms. The lowest BCUT2D eigenvalue weighted by Crippen LogP contribution is -2.08. The Balaban J connectivity index is 3.07. The van der Waals surface area contributed by atoms with Crippen LogP contribution in [0.1, 0.15) is 24.9 Å². The third-order valence-electron chi connectivity index (χ3n) is 1.85. The molecule has 0 saturated carbocycles. The molecule has 0 radical (unpaired) electrons. The van der Waals surface area contributed by atoms with Crippen LogP contribution in [0.15, 0.2) is 18.2 Å². The molecule has 1 unspecified atom stereocenters. The number of halogens is 1. The average molecular weight is 186 g/mol. The minimum absolute atomic E-state index is 0.0930. The van der Waals surface area contributed by atoms with Crippen molar-refractivity contribution in [2.75, 3.05) is 0 Å². The van der Waals surface area contributed by atoms with Crippen molar-refractivity contribution in [2.45, 2.75) is 19.4 Å². The van der Waals surface area contributed by atoms with E-state index in [0.717, 1.165) is 12.0 Å². The van der Waals surface area contributed by atoms with Gasteiger partial charge in [-0.25, -0.2) is 0 Å². The van der Waals surface area contributed by atoms with Crippen LogP contribution in [0.2, 0.25) is 5.02 Å². The predicted molar refractivity (Wildman–Crippen MR) is 50.3 cm³/mol. The van der Waals surface area contributed by atoms with Gasteiger partial charge in [-0.15, -0.1) is 0 Å². The van der Waals surface area contributed by atoms with Crippen molar-refractivity contribution in [1.82, 2.24) is 0 Å². The van der Waals surface area contributed by atoms with Gasteiger partial charge in [-0.3, -0.25) is 0 Å². The molecule has 0 aliphatic rings. The number of phenolic OH excluding ortho intramolecular Hbond substituents is 1. The van der Waals surface area contributed by atoms with E-state index in [1.807, 2.05) is 13.0 Å². The Bertz CT molecular complexity index is 275. The van der Waals surface area contributed by atoms with Gasteiger partial charge in [0, 0.05) is 6.04 Å². The quantitative estimate of drug-likeness (QED) is 0.744. The molecule has 66 valence electrons. The molecule has 1 aromatic carbocycles. The Morgan fingerprint density at radius 3 is 2.83 bits per heavy atom. The number of aromatic hydroxyl groups is 1. The van der Waals surface area contributed by atoms with Crippen molar-refractivity contribution >= 4 is 11.6 Å². The molecular formula is C9H12ClNO. The second kappa shape index (κ2) is 3.78. The first kappa shape index (κ1) is 9.36. The van der Waals surface area contributed by atoms with Gasteiger partial charge in [0.2, 0.25) is 0 Å². The standard InChI is InChI=1S/C9H12ClNO/c1-2-7(11)6-4-3-5-8(12)9(6)10/h3-5,7,12H,2,11H2,1H3. The van der Waals surface area contributed by atoms with E-state index in [2.05, 4.69) is 0 Å². The minimum atomic E-state index is -0.0930. The van der Waals surface area contributed by atoms with Crippen LogP contribution >= 0.6 is 11.6 Å². The van der Waals surface area contributed by atoms with Crippen molar-refractivity contribution < 1.29 is 5.11 Å². The Morgan fingerprint density at radius 2 is 2.25 bits per heavy atom. The molecule has 1 atom stereocenters. The Morgan fingerprint density at radius 1 is 1.58 bits per heavy atom. The molecule has 1 aromatic rings. The normalized spacial score (nSPS) is 12.9. The zero-order valence-electron chi connectivity index (χ0n) is 6.92. The smallest absolute Gasteiger partial charge is 0.134 e. The average Bonchev–Trinajstić information content (AvgIpc) is 2.08. The lowest BCUT2D eigenvalue weighted by Gasteiger charge is -2.11. The first-order valence-electron chi connectivity index (χ1n) is 3.89. The lowest BCUT2D eigenvalue weighted by atomic mass is 10.1. The molecule has 0 spiro atoms. The monoisotopic (exact) mass is 185 g/mol. The molecule has 3 heteroatoms. The van der Waals surface area contributed by atoms with Crippen molar-refractivity contribution in [3.63, 3.8) is 0 Å². The van der Waals surface area contributed by atoms with Crippen LogP contribution in [0.3, 0.4) is 0 Å². The van der Waals surface area contributed by atoms with Crippen LogP contribution < -0.4 is 5.73 Å². The van der Waals surface area contributed by atoms with Gasteiger partial charge in [-0.2, -0.15) is 0 Å². The van der Waals surface area contributed by atoms with E-state index in [4.69, 9.17) is 17.3 Å². The van der Waals surface area contributed by atoms with E-state index >= 15 is 0 Å². The molecule has 0 aliphatic carbocycles. The van der Waals surface area contributed by atoms with Crippen LogP contribution in [0.4, 0.5) is 0 Å². The van der Waals surface area contributed by atoms with Gasteiger partial charge in [0.05, 0.1) is 5.02 Å². The summed E-state index contributed by atoms with van der Waals surface area (Å²) in [5.74, 6) is 0.0954. The van der Waals surface area contributed by atoms with Crippen LogP contribution in [-0.2, 0) is 0 Å². The summed E-state index contributed by atoms with van der Waals surface area (Å²) in [4.78, 5) is 0. The van der Waals surface area contributed by atoms with Crippen molar-refractivity contribution in [2.24, 2.45) is 5.73 Å². The summed E-state index contributed by atoms with van der Waals surface area (Å²) in [7, 11) is 0. The third kappa shape index (κ3) is 1.71. The minimum Gasteiger partial charge on any atom is -0.506 e. The summed E-state index contributed by atoms with van der Waals surface area (Å²) >= 11 is 5.84. The highest BCUT2D eigenvalue weighted by atomic mass is 35.5. The van der Waals surface area contributed by atoms with Crippen molar-refractivity contribution in [1.29, 1.82) is 0 Å². The molecule has 0 amide bonds. The maximum atomic E-state index is 9.26. The number of benzene rings is 1. The van der Waals surface area contributed by atoms with Crippen LogP contribution in [0.5, 0.6) is 5.75 Å². The molecule has 0 aliphatic heterocycles. The van der Waals surface area contributed by atoms with Crippen molar-refractivity contribution in [3.05, 3.63) is 28.8 Å².